The Morgan fingerprint density at radius 1 is 1.43 bits per heavy atom. The zero-order chi connectivity index (χ0) is 11.4. The maximum Gasteiger partial charge on any atom is 0.153 e. The van der Waals surface area contributed by atoms with Crippen LogP contribution in [0, 0.1) is 0 Å². The molecule has 3 N–H and O–H groups in total. The standard InChI is InChI=1S/C8H19NO4S/c1-8(2,14(3,12)13)6-9-4-7(11)5-10/h7,9-11H,4-6H2,1-3H3/t7-/m0/s1. The average Bonchev–Trinajstić information content (AvgIpc) is 2.01. The van der Waals surface area contributed by atoms with Gasteiger partial charge in [0.2, 0.25) is 0 Å². The predicted molar refractivity (Wildman–Crippen MR) is 54.9 cm³/mol. The lowest BCUT2D eigenvalue weighted by atomic mass is 10.2. The third-order valence-corrected chi connectivity index (χ3v) is 4.30. The van der Waals surface area contributed by atoms with E-state index in [0.717, 1.165) is 0 Å². The largest absolute Gasteiger partial charge is 0.394 e. The van der Waals surface area contributed by atoms with Crippen molar-refractivity contribution in [2.75, 3.05) is 26.0 Å². The van der Waals surface area contributed by atoms with E-state index >= 15 is 0 Å². The van der Waals surface area contributed by atoms with Gasteiger partial charge in [-0.25, -0.2) is 8.42 Å². The van der Waals surface area contributed by atoms with Crippen LogP contribution in [-0.2, 0) is 9.84 Å². The highest BCUT2D eigenvalue weighted by atomic mass is 32.2. The summed E-state index contributed by atoms with van der Waals surface area (Å²) in [6.45, 7) is 3.34. The molecule has 0 unspecified atom stereocenters. The minimum atomic E-state index is -3.11. The summed E-state index contributed by atoms with van der Waals surface area (Å²) in [6, 6.07) is 0. The third kappa shape index (κ3) is 4.36. The summed E-state index contributed by atoms with van der Waals surface area (Å²) in [6.07, 6.45) is 0.335. The molecule has 0 radical (unpaired) electrons. The van der Waals surface area contributed by atoms with E-state index in [0.29, 0.717) is 0 Å². The zero-order valence-electron chi connectivity index (χ0n) is 8.82. The van der Waals surface area contributed by atoms with Gasteiger partial charge >= 0.3 is 0 Å². The number of nitrogens with one attached hydrogen (secondary N) is 1. The Hall–Kier alpha value is -0.170. The maximum atomic E-state index is 11.2. The summed E-state index contributed by atoms with van der Waals surface area (Å²) in [4.78, 5) is 0. The molecule has 0 heterocycles. The Bertz CT molecular complexity index is 261. The topological polar surface area (TPSA) is 86.6 Å². The molecule has 0 aromatic heterocycles. The first kappa shape index (κ1) is 13.8. The highest BCUT2D eigenvalue weighted by Crippen LogP contribution is 2.13. The molecular formula is C8H19NO4S. The molecule has 0 aromatic rings. The number of hydrogen-bond donors (Lipinski definition) is 3. The van der Waals surface area contributed by atoms with Crippen LogP contribution in [0.1, 0.15) is 13.8 Å². The van der Waals surface area contributed by atoms with E-state index in [-0.39, 0.29) is 19.7 Å². The normalized spacial score (nSPS) is 15.5. The molecular weight excluding hydrogens is 206 g/mol. The van der Waals surface area contributed by atoms with Crippen LogP contribution in [0.3, 0.4) is 0 Å². The van der Waals surface area contributed by atoms with Gasteiger partial charge < -0.3 is 15.5 Å². The number of hydrogen-bond acceptors (Lipinski definition) is 5. The van der Waals surface area contributed by atoms with Gasteiger partial charge in [-0.1, -0.05) is 0 Å². The van der Waals surface area contributed by atoms with Gasteiger partial charge in [-0.3, -0.25) is 0 Å². The van der Waals surface area contributed by atoms with Gasteiger partial charge in [0, 0.05) is 19.3 Å². The van der Waals surface area contributed by atoms with E-state index < -0.39 is 20.7 Å². The van der Waals surface area contributed by atoms with Crippen molar-refractivity contribution < 1.29 is 18.6 Å². The van der Waals surface area contributed by atoms with E-state index in [1.165, 1.54) is 6.26 Å². The predicted octanol–water partition coefficient (Wildman–Crippen LogP) is -1.25. The van der Waals surface area contributed by atoms with Crippen molar-refractivity contribution in [1.82, 2.24) is 5.32 Å². The van der Waals surface area contributed by atoms with E-state index in [1.54, 1.807) is 13.8 Å². The molecule has 0 rings (SSSR count). The van der Waals surface area contributed by atoms with Crippen molar-refractivity contribution in [3.63, 3.8) is 0 Å². The van der Waals surface area contributed by atoms with Crippen LogP contribution >= 0.6 is 0 Å². The van der Waals surface area contributed by atoms with Crippen molar-refractivity contribution in [2.24, 2.45) is 0 Å². The summed E-state index contributed by atoms with van der Waals surface area (Å²) in [5.74, 6) is 0. The SMILES string of the molecule is CC(C)(CNC[C@H](O)CO)S(C)(=O)=O. The van der Waals surface area contributed by atoms with Crippen molar-refractivity contribution in [1.29, 1.82) is 0 Å². The Labute approximate surface area is 85.1 Å². The minimum Gasteiger partial charge on any atom is -0.394 e. The molecule has 0 bridgehead atoms. The van der Waals surface area contributed by atoms with Crippen LogP contribution in [0.4, 0.5) is 0 Å². The quantitative estimate of drug-likeness (QED) is 0.526. The molecule has 5 nitrogen and oxygen atoms in total. The van der Waals surface area contributed by atoms with Crippen molar-refractivity contribution in [3.8, 4) is 0 Å². The summed E-state index contributed by atoms with van der Waals surface area (Å²) in [7, 11) is -3.11. The van der Waals surface area contributed by atoms with E-state index in [9.17, 15) is 8.42 Å². The van der Waals surface area contributed by atoms with Crippen LogP contribution in [0.15, 0.2) is 0 Å². The number of rotatable bonds is 6. The van der Waals surface area contributed by atoms with Gasteiger partial charge in [0.1, 0.15) is 0 Å². The Balaban J connectivity index is 4.02. The van der Waals surface area contributed by atoms with Crippen LogP contribution in [-0.4, -0.2) is 55.4 Å². The molecule has 0 aliphatic heterocycles. The van der Waals surface area contributed by atoms with Crippen molar-refractivity contribution in [2.45, 2.75) is 24.7 Å². The van der Waals surface area contributed by atoms with Crippen LogP contribution in [0.25, 0.3) is 0 Å². The highest BCUT2D eigenvalue weighted by molar-refractivity contribution is 7.92. The third-order valence-electron chi connectivity index (χ3n) is 2.15. The number of sulfone groups is 1. The molecule has 6 heteroatoms. The van der Waals surface area contributed by atoms with Gasteiger partial charge in [0.25, 0.3) is 0 Å². The fourth-order valence-corrected chi connectivity index (χ4v) is 1.10. The van der Waals surface area contributed by atoms with Crippen molar-refractivity contribution >= 4 is 9.84 Å². The molecule has 1 atom stereocenters. The van der Waals surface area contributed by atoms with E-state index in [4.69, 9.17) is 10.2 Å². The average molecular weight is 225 g/mol. The summed E-state index contributed by atoms with van der Waals surface area (Å²) < 4.78 is 21.6. The van der Waals surface area contributed by atoms with Crippen LogP contribution in [0.5, 0.6) is 0 Å². The first-order chi connectivity index (χ1) is 6.20. The van der Waals surface area contributed by atoms with Gasteiger partial charge in [0.15, 0.2) is 9.84 Å². The molecule has 0 aliphatic carbocycles. The Morgan fingerprint density at radius 3 is 2.29 bits per heavy atom. The number of aliphatic hydroxyl groups excluding tert-OH is 2. The molecule has 0 aliphatic rings. The highest BCUT2D eigenvalue weighted by Gasteiger charge is 2.29. The molecule has 0 saturated carbocycles. The smallest absolute Gasteiger partial charge is 0.153 e. The molecule has 0 spiro atoms. The lowest BCUT2D eigenvalue weighted by Crippen LogP contribution is -2.44. The van der Waals surface area contributed by atoms with E-state index in [2.05, 4.69) is 5.32 Å². The lowest BCUT2D eigenvalue weighted by molar-refractivity contribution is 0.0941. The molecule has 0 saturated heterocycles. The van der Waals surface area contributed by atoms with Crippen LogP contribution in [0.2, 0.25) is 0 Å². The van der Waals surface area contributed by atoms with Gasteiger partial charge in [-0.05, 0) is 13.8 Å². The maximum absolute atomic E-state index is 11.2. The first-order valence-electron chi connectivity index (χ1n) is 4.40. The second kappa shape index (κ2) is 5.06. The van der Waals surface area contributed by atoms with E-state index in [1.807, 2.05) is 0 Å². The number of aliphatic hydroxyl groups is 2. The first-order valence-corrected chi connectivity index (χ1v) is 6.29. The molecule has 14 heavy (non-hydrogen) atoms. The van der Waals surface area contributed by atoms with Crippen LogP contribution < -0.4 is 5.32 Å². The molecule has 0 fully saturated rings. The molecule has 0 amide bonds. The van der Waals surface area contributed by atoms with Crippen molar-refractivity contribution in [3.05, 3.63) is 0 Å². The summed E-state index contributed by atoms with van der Waals surface area (Å²) >= 11 is 0. The fourth-order valence-electron chi connectivity index (χ4n) is 0.735. The van der Waals surface area contributed by atoms with Gasteiger partial charge in [-0.2, -0.15) is 0 Å². The Morgan fingerprint density at radius 2 is 1.93 bits per heavy atom. The monoisotopic (exact) mass is 225 g/mol. The Kier molecular flexibility index (Phi) is 5.00. The molecule has 0 aromatic carbocycles. The molecule has 86 valence electrons. The zero-order valence-corrected chi connectivity index (χ0v) is 9.63. The fraction of sp³-hybridized carbons (Fsp3) is 1.00. The summed E-state index contributed by atoms with van der Waals surface area (Å²) in [5, 5.41) is 20.3. The lowest BCUT2D eigenvalue weighted by Gasteiger charge is -2.23. The second-order valence-corrected chi connectivity index (χ2v) is 6.65. The summed E-state index contributed by atoms with van der Waals surface area (Å²) in [5.41, 5.74) is 0. The van der Waals surface area contributed by atoms with Gasteiger partial charge in [0.05, 0.1) is 17.5 Å². The van der Waals surface area contributed by atoms with Gasteiger partial charge in [-0.15, -0.1) is 0 Å². The minimum absolute atomic E-state index is 0.190. The second-order valence-electron chi connectivity index (χ2n) is 4.00.